The van der Waals surface area contributed by atoms with Gasteiger partial charge in [-0.2, -0.15) is 0 Å². The number of nitrogens with zero attached hydrogens (tertiary/aromatic N) is 2. The quantitative estimate of drug-likeness (QED) is 0.705. The fourth-order valence-electron chi connectivity index (χ4n) is 2.89. The van der Waals surface area contributed by atoms with Crippen LogP contribution >= 0.6 is 27.3 Å². The summed E-state index contributed by atoms with van der Waals surface area (Å²) in [4.78, 5) is 28.4. The van der Waals surface area contributed by atoms with Gasteiger partial charge >= 0.3 is 5.97 Å². The number of carbonyl (C=O) groups is 1. The monoisotopic (exact) mass is 402 g/mol. The van der Waals surface area contributed by atoms with E-state index in [1.807, 2.05) is 17.5 Å². The van der Waals surface area contributed by atoms with Gasteiger partial charge in [-0.15, -0.1) is 11.3 Å². The SMILES string of the molecule is O=C(O)c1ccc2c(=O)n3c(nc2c1)C(=Cc1csc(Br)c1)CC3. The topological polar surface area (TPSA) is 72.2 Å². The average molecular weight is 403 g/mol. The second-order valence-electron chi connectivity index (χ2n) is 5.53. The van der Waals surface area contributed by atoms with Crippen molar-refractivity contribution in [2.45, 2.75) is 13.0 Å². The van der Waals surface area contributed by atoms with E-state index in [2.05, 4.69) is 20.9 Å². The molecule has 1 aliphatic heterocycles. The van der Waals surface area contributed by atoms with E-state index in [-0.39, 0.29) is 11.1 Å². The maximum Gasteiger partial charge on any atom is 0.335 e. The summed E-state index contributed by atoms with van der Waals surface area (Å²) >= 11 is 5.04. The molecule has 3 heterocycles. The molecule has 0 aliphatic carbocycles. The molecule has 0 radical (unpaired) electrons. The third kappa shape index (κ3) is 2.50. The molecule has 1 aromatic carbocycles. The Morgan fingerprint density at radius 1 is 1.38 bits per heavy atom. The summed E-state index contributed by atoms with van der Waals surface area (Å²) in [6.45, 7) is 0.592. The molecule has 120 valence electrons. The molecule has 0 amide bonds. The number of allylic oxidation sites excluding steroid dienone is 1. The lowest BCUT2D eigenvalue weighted by atomic mass is 10.1. The normalized spacial score (nSPS) is 15.1. The minimum atomic E-state index is -1.03. The molecular weight excluding hydrogens is 392 g/mol. The van der Waals surface area contributed by atoms with Crippen LogP contribution in [0.5, 0.6) is 0 Å². The average Bonchev–Trinajstić information content (AvgIpc) is 3.14. The van der Waals surface area contributed by atoms with Gasteiger partial charge in [-0.1, -0.05) is 0 Å². The van der Waals surface area contributed by atoms with Crippen molar-refractivity contribution in [1.29, 1.82) is 0 Å². The predicted molar refractivity (Wildman–Crippen MR) is 97.5 cm³/mol. The van der Waals surface area contributed by atoms with E-state index in [0.717, 1.165) is 21.3 Å². The van der Waals surface area contributed by atoms with Crippen LogP contribution in [0.3, 0.4) is 0 Å². The van der Waals surface area contributed by atoms with Crippen molar-refractivity contribution in [2.75, 3.05) is 0 Å². The van der Waals surface area contributed by atoms with Crippen molar-refractivity contribution in [3.63, 3.8) is 0 Å². The maximum atomic E-state index is 12.6. The molecule has 4 rings (SSSR count). The summed E-state index contributed by atoms with van der Waals surface area (Å²) < 4.78 is 2.71. The van der Waals surface area contributed by atoms with Crippen LogP contribution in [0.2, 0.25) is 0 Å². The molecule has 5 nitrogen and oxygen atoms in total. The van der Waals surface area contributed by atoms with Gasteiger partial charge in [0.25, 0.3) is 5.56 Å². The van der Waals surface area contributed by atoms with E-state index in [1.54, 1.807) is 22.0 Å². The molecule has 1 aliphatic rings. The van der Waals surface area contributed by atoms with Crippen molar-refractivity contribution in [3.05, 3.63) is 60.7 Å². The van der Waals surface area contributed by atoms with Crippen molar-refractivity contribution >= 4 is 55.8 Å². The largest absolute Gasteiger partial charge is 0.478 e. The van der Waals surface area contributed by atoms with Crippen LogP contribution in [0, 0.1) is 0 Å². The Hall–Kier alpha value is -2.25. The van der Waals surface area contributed by atoms with Gasteiger partial charge in [0.2, 0.25) is 0 Å². The minimum absolute atomic E-state index is 0.123. The first kappa shape index (κ1) is 15.3. The van der Waals surface area contributed by atoms with E-state index >= 15 is 0 Å². The van der Waals surface area contributed by atoms with Gasteiger partial charge in [0, 0.05) is 6.54 Å². The Labute approximate surface area is 149 Å². The van der Waals surface area contributed by atoms with E-state index in [4.69, 9.17) is 5.11 Å². The Balaban J connectivity index is 1.91. The Bertz CT molecular complexity index is 1080. The highest BCUT2D eigenvalue weighted by atomic mass is 79.9. The highest BCUT2D eigenvalue weighted by molar-refractivity contribution is 9.11. The lowest BCUT2D eigenvalue weighted by molar-refractivity contribution is 0.0697. The fraction of sp³-hybridized carbons (Fsp3) is 0.118. The van der Waals surface area contributed by atoms with E-state index < -0.39 is 5.97 Å². The molecule has 0 bridgehead atoms. The summed E-state index contributed by atoms with van der Waals surface area (Å²) in [5, 5.41) is 11.6. The minimum Gasteiger partial charge on any atom is -0.478 e. The number of rotatable bonds is 2. The van der Waals surface area contributed by atoms with Gasteiger partial charge in [0.15, 0.2) is 0 Å². The molecule has 0 saturated carbocycles. The Morgan fingerprint density at radius 2 is 2.21 bits per heavy atom. The number of aromatic carboxylic acids is 1. The molecule has 1 N–H and O–H groups in total. The van der Waals surface area contributed by atoms with Crippen molar-refractivity contribution in [2.24, 2.45) is 0 Å². The van der Waals surface area contributed by atoms with Crippen molar-refractivity contribution in [1.82, 2.24) is 9.55 Å². The van der Waals surface area contributed by atoms with Gasteiger partial charge < -0.3 is 5.11 Å². The van der Waals surface area contributed by atoms with Crippen LogP contribution in [-0.2, 0) is 6.54 Å². The van der Waals surface area contributed by atoms with E-state index in [1.165, 1.54) is 12.1 Å². The summed E-state index contributed by atoms with van der Waals surface area (Å²) in [6, 6.07) is 6.45. The molecule has 0 spiro atoms. The Morgan fingerprint density at radius 3 is 2.92 bits per heavy atom. The molecule has 0 atom stereocenters. The molecule has 7 heteroatoms. The number of benzene rings is 1. The van der Waals surface area contributed by atoms with Gasteiger partial charge in [-0.3, -0.25) is 9.36 Å². The predicted octanol–water partition coefficient (Wildman–Crippen LogP) is 3.86. The zero-order chi connectivity index (χ0) is 16.8. The van der Waals surface area contributed by atoms with E-state index in [0.29, 0.717) is 23.3 Å². The number of hydrogen-bond acceptors (Lipinski definition) is 4. The number of carboxylic acids is 1. The molecule has 0 fully saturated rings. The van der Waals surface area contributed by atoms with Gasteiger partial charge in [0.1, 0.15) is 5.82 Å². The number of thiophene rings is 1. The number of halogens is 1. The summed E-state index contributed by atoms with van der Waals surface area (Å²) in [7, 11) is 0. The third-order valence-corrected chi connectivity index (χ3v) is 5.55. The molecule has 3 aromatic rings. The molecule has 0 saturated heterocycles. The number of aromatic nitrogens is 2. The lowest BCUT2D eigenvalue weighted by Gasteiger charge is -2.06. The van der Waals surface area contributed by atoms with Gasteiger partial charge in [0.05, 0.1) is 20.3 Å². The molecule has 2 aromatic heterocycles. The first-order chi connectivity index (χ1) is 11.5. The van der Waals surface area contributed by atoms with Crippen LogP contribution in [0.4, 0.5) is 0 Å². The van der Waals surface area contributed by atoms with Gasteiger partial charge in [-0.25, -0.2) is 9.78 Å². The first-order valence-corrected chi connectivity index (χ1v) is 8.93. The lowest BCUT2D eigenvalue weighted by Crippen LogP contribution is -2.20. The second kappa shape index (κ2) is 5.68. The molecular formula is C17H11BrN2O3S. The molecule has 24 heavy (non-hydrogen) atoms. The molecule has 0 unspecified atom stereocenters. The zero-order valence-corrected chi connectivity index (χ0v) is 14.7. The number of fused-ring (bicyclic) bond motifs is 2. The summed E-state index contributed by atoms with van der Waals surface area (Å²) in [5.74, 6) is -0.407. The van der Waals surface area contributed by atoms with Crippen LogP contribution in [0.25, 0.3) is 22.6 Å². The van der Waals surface area contributed by atoms with Crippen molar-refractivity contribution < 1.29 is 9.90 Å². The van der Waals surface area contributed by atoms with Crippen molar-refractivity contribution in [3.8, 4) is 0 Å². The third-order valence-electron chi connectivity index (χ3n) is 4.02. The number of hydrogen-bond donors (Lipinski definition) is 1. The summed E-state index contributed by atoms with van der Waals surface area (Å²) in [6.07, 6.45) is 2.76. The standard InChI is InChI=1S/C17H11BrN2O3S/c18-14-6-9(8-24-14)5-10-3-4-20-15(10)19-13-7-11(17(22)23)1-2-12(13)16(20)21/h1-2,5-8H,3-4H2,(H,22,23). The highest BCUT2D eigenvalue weighted by Gasteiger charge is 2.21. The summed E-state index contributed by atoms with van der Waals surface area (Å²) in [5.41, 5.74) is 2.47. The fourth-order valence-corrected chi connectivity index (χ4v) is 4.02. The second-order valence-corrected chi connectivity index (χ2v) is 7.82. The first-order valence-electron chi connectivity index (χ1n) is 7.26. The van der Waals surface area contributed by atoms with Gasteiger partial charge in [-0.05, 0) is 69.2 Å². The van der Waals surface area contributed by atoms with E-state index in [9.17, 15) is 9.59 Å². The zero-order valence-electron chi connectivity index (χ0n) is 12.3. The highest BCUT2D eigenvalue weighted by Crippen LogP contribution is 2.30. The smallest absolute Gasteiger partial charge is 0.335 e. The Kier molecular flexibility index (Phi) is 3.62. The van der Waals surface area contributed by atoms with Crippen LogP contribution in [0.1, 0.15) is 28.2 Å². The maximum absolute atomic E-state index is 12.6. The van der Waals surface area contributed by atoms with Crippen LogP contribution in [0.15, 0.2) is 38.2 Å². The van der Waals surface area contributed by atoms with Crippen LogP contribution < -0.4 is 5.56 Å². The number of carboxylic acid groups (broad SMARTS) is 1. The van der Waals surface area contributed by atoms with Crippen LogP contribution in [-0.4, -0.2) is 20.6 Å².